The van der Waals surface area contributed by atoms with Crippen LogP contribution in [0.3, 0.4) is 0 Å². The molecule has 0 atom stereocenters. The van der Waals surface area contributed by atoms with Crippen LogP contribution in [0.1, 0.15) is 5.56 Å². The molecule has 0 saturated carbocycles. The number of hydrogen-bond acceptors (Lipinski definition) is 2. The lowest BCUT2D eigenvalue weighted by atomic mass is 9.89. The third kappa shape index (κ3) is 2.64. The van der Waals surface area contributed by atoms with Crippen molar-refractivity contribution in [3.8, 4) is 11.5 Å². The molecule has 0 heterocycles. The van der Waals surface area contributed by atoms with Crippen molar-refractivity contribution in [2.75, 3.05) is 0 Å². The van der Waals surface area contributed by atoms with E-state index < -0.39 is 0 Å². The lowest BCUT2D eigenvalue weighted by molar-refractivity contribution is 0.482. The standard InChI is InChI=1S/C13H13BO2/c1-10-3-2-4-13(9-10)16-12-7-5-11(14-15)6-8-12/h2-9,14-15H,1H3. The Morgan fingerprint density at radius 2 is 1.75 bits per heavy atom. The van der Waals surface area contributed by atoms with Crippen LogP contribution in [0, 0.1) is 6.92 Å². The third-order valence-corrected chi connectivity index (χ3v) is 2.33. The summed E-state index contributed by atoms with van der Waals surface area (Å²) >= 11 is 0. The van der Waals surface area contributed by atoms with Gasteiger partial charge in [-0.25, -0.2) is 0 Å². The normalized spacial score (nSPS) is 9.88. The van der Waals surface area contributed by atoms with Crippen molar-refractivity contribution in [2.24, 2.45) is 0 Å². The average molecular weight is 212 g/mol. The van der Waals surface area contributed by atoms with Gasteiger partial charge in [-0.05, 0) is 36.8 Å². The monoisotopic (exact) mass is 212 g/mol. The van der Waals surface area contributed by atoms with Crippen LogP contribution in [0.25, 0.3) is 0 Å². The minimum Gasteiger partial charge on any atom is -0.457 e. The minimum absolute atomic E-state index is 0.0602. The Bertz CT molecular complexity index is 466. The summed E-state index contributed by atoms with van der Waals surface area (Å²) in [7, 11) is 0.0602. The molecule has 2 aromatic rings. The van der Waals surface area contributed by atoms with Crippen LogP contribution in [-0.4, -0.2) is 12.5 Å². The van der Waals surface area contributed by atoms with Gasteiger partial charge in [-0.2, -0.15) is 0 Å². The van der Waals surface area contributed by atoms with Gasteiger partial charge in [0.15, 0.2) is 0 Å². The van der Waals surface area contributed by atoms with Crippen LogP contribution in [0.2, 0.25) is 0 Å². The van der Waals surface area contributed by atoms with Gasteiger partial charge in [0.2, 0.25) is 0 Å². The molecule has 16 heavy (non-hydrogen) atoms. The van der Waals surface area contributed by atoms with E-state index in [4.69, 9.17) is 9.76 Å². The van der Waals surface area contributed by atoms with Crippen molar-refractivity contribution >= 4 is 12.9 Å². The van der Waals surface area contributed by atoms with Gasteiger partial charge in [0.25, 0.3) is 0 Å². The molecule has 0 bridgehead atoms. The second-order valence-electron chi connectivity index (χ2n) is 3.72. The van der Waals surface area contributed by atoms with Crippen LogP contribution >= 0.6 is 0 Å². The molecule has 0 spiro atoms. The molecular weight excluding hydrogens is 199 g/mol. The highest BCUT2D eigenvalue weighted by Crippen LogP contribution is 2.20. The average Bonchev–Trinajstić information content (AvgIpc) is 2.30. The zero-order chi connectivity index (χ0) is 11.4. The van der Waals surface area contributed by atoms with E-state index >= 15 is 0 Å². The molecule has 1 N–H and O–H groups in total. The summed E-state index contributed by atoms with van der Waals surface area (Å²) in [6, 6.07) is 15.3. The van der Waals surface area contributed by atoms with Crippen molar-refractivity contribution < 1.29 is 9.76 Å². The van der Waals surface area contributed by atoms with E-state index in [-0.39, 0.29) is 7.48 Å². The Morgan fingerprint density at radius 1 is 1.00 bits per heavy atom. The summed E-state index contributed by atoms with van der Waals surface area (Å²) in [5, 5.41) is 8.91. The molecule has 0 aliphatic heterocycles. The number of ether oxygens (including phenoxy) is 1. The first-order valence-electron chi connectivity index (χ1n) is 5.22. The first-order chi connectivity index (χ1) is 7.78. The summed E-state index contributed by atoms with van der Waals surface area (Å²) in [5.74, 6) is 1.61. The maximum absolute atomic E-state index is 8.91. The van der Waals surface area contributed by atoms with E-state index in [1.54, 1.807) is 0 Å². The SMILES string of the molecule is Cc1cccc(Oc2ccc(BO)cc2)c1. The summed E-state index contributed by atoms with van der Waals surface area (Å²) in [5.41, 5.74) is 2.06. The number of aryl methyl sites for hydroxylation is 1. The van der Waals surface area contributed by atoms with Crippen molar-refractivity contribution in [3.63, 3.8) is 0 Å². The summed E-state index contributed by atoms with van der Waals surface area (Å²) in [6.07, 6.45) is 0. The van der Waals surface area contributed by atoms with Crippen LogP contribution in [0.15, 0.2) is 48.5 Å². The van der Waals surface area contributed by atoms with Crippen LogP contribution in [0.4, 0.5) is 0 Å². The molecule has 0 aliphatic carbocycles. The highest BCUT2D eigenvalue weighted by molar-refractivity contribution is 6.45. The summed E-state index contributed by atoms with van der Waals surface area (Å²) in [4.78, 5) is 0. The smallest absolute Gasteiger partial charge is 0.304 e. The van der Waals surface area contributed by atoms with Gasteiger partial charge in [-0.1, -0.05) is 29.7 Å². The zero-order valence-electron chi connectivity index (χ0n) is 9.18. The molecule has 0 amide bonds. The predicted molar refractivity (Wildman–Crippen MR) is 66.7 cm³/mol. The first-order valence-corrected chi connectivity index (χ1v) is 5.22. The Balaban J connectivity index is 2.14. The van der Waals surface area contributed by atoms with Crippen LogP contribution < -0.4 is 10.2 Å². The lowest BCUT2D eigenvalue weighted by Crippen LogP contribution is -2.11. The van der Waals surface area contributed by atoms with Gasteiger partial charge in [0, 0.05) is 0 Å². The Labute approximate surface area is 95.8 Å². The van der Waals surface area contributed by atoms with E-state index in [1.807, 2.05) is 55.5 Å². The van der Waals surface area contributed by atoms with E-state index in [2.05, 4.69) is 0 Å². The molecule has 2 nitrogen and oxygen atoms in total. The Hall–Kier alpha value is -1.74. The molecule has 0 saturated heterocycles. The van der Waals surface area contributed by atoms with Gasteiger partial charge in [-0.15, -0.1) is 0 Å². The number of hydrogen-bond donors (Lipinski definition) is 1. The van der Waals surface area contributed by atoms with Crippen molar-refractivity contribution in [1.29, 1.82) is 0 Å². The molecule has 2 rings (SSSR count). The molecule has 0 aromatic heterocycles. The van der Waals surface area contributed by atoms with Gasteiger partial charge in [0.1, 0.15) is 11.5 Å². The van der Waals surface area contributed by atoms with Crippen molar-refractivity contribution in [3.05, 3.63) is 54.1 Å². The van der Waals surface area contributed by atoms with E-state index in [9.17, 15) is 0 Å². The Morgan fingerprint density at radius 3 is 2.38 bits per heavy atom. The third-order valence-electron chi connectivity index (χ3n) is 2.33. The molecule has 2 aromatic carbocycles. The number of benzene rings is 2. The van der Waals surface area contributed by atoms with Crippen molar-refractivity contribution in [2.45, 2.75) is 6.92 Å². The molecule has 0 unspecified atom stereocenters. The van der Waals surface area contributed by atoms with E-state index in [1.165, 1.54) is 5.56 Å². The van der Waals surface area contributed by atoms with Gasteiger partial charge >= 0.3 is 7.48 Å². The molecule has 3 heteroatoms. The second-order valence-corrected chi connectivity index (χ2v) is 3.72. The molecule has 0 aliphatic rings. The number of rotatable bonds is 3. The van der Waals surface area contributed by atoms with Gasteiger partial charge in [-0.3, -0.25) is 0 Å². The van der Waals surface area contributed by atoms with Crippen LogP contribution in [0.5, 0.6) is 11.5 Å². The first kappa shape index (κ1) is 10.8. The zero-order valence-corrected chi connectivity index (χ0v) is 9.18. The quantitative estimate of drug-likeness (QED) is 0.785. The lowest BCUT2D eigenvalue weighted by Gasteiger charge is -2.06. The minimum atomic E-state index is 0.0602. The summed E-state index contributed by atoms with van der Waals surface area (Å²) in [6.45, 7) is 2.03. The predicted octanol–water partition coefficient (Wildman–Crippen LogP) is 1.76. The molecule has 80 valence electrons. The van der Waals surface area contributed by atoms with E-state index in [0.29, 0.717) is 0 Å². The van der Waals surface area contributed by atoms with Gasteiger partial charge < -0.3 is 9.76 Å². The van der Waals surface area contributed by atoms with Crippen molar-refractivity contribution in [1.82, 2.24) is 0 Å². The topological polar surface area (TPSA) is 29.5 Å². The van der Waals surface area contributed by atoms with Gasteiger partial charge in [0.05, 0.1) is 0 Å². The fourth-order valence-corrected chi connectivity index (χ4v) is 1.48. The van der Waals surface area contributed by atoms with Crippen LogP contribution in [-0.2, 0) is 0 Å². The maximum atomic E-state index is 8.91. The molecular formula is C13H13BO2. The molecule has 0 radical (unpaired) electrons. The highest BCUT2D eigenvalue weighted by atomic mass is 16.5. The Kier molecular flexibility index (Phi) is 3.27. The second kappa shape index (κ2) is 4.86. The summed E-state index contributed by atoms with van der Waals surface area (Å²) < 4.78 is 5.68. The highest BCUT2D eigenvalue weighted by Gasteiger charge is 1.98. The largest absolute Gasteiger partial charge is 0.457 e. The van der Waals surface area contributed by atoms with E-state index in [0.717, 1.165) is 17.0 Å². The fraction of sp³-hybridized carbons (Fsp3) is 0.0769. The fourth-order valence-electron chi connectivity index (χ4n) is 1.48. The molecule has 0 fully saturated rings. The maximum Gasteiger partial charge on any atom is 0.304 e.